The minimum absolute atomic E-state index is 0.0724. The van der Waals surface area contributed by atoms with E-state index in [4.69, 9.17) is 9.47 Å². The molecule has 2 aromatic heterocycles. The summed E-state index contributed by atoms with van der Waals surface area (Å²) in [5.74, 6) is 1.95. The zero-order valence-corrected chi connectivity index (χ0v) is 67.2. The smallest absolute Gasteiger partial charge is 0.142 e. The number of aromatic hydroxyl groups is 2. The maximum absolute atomic E-state index is 12.9. The van der Waals surface area contributed by atoms with Gasteiger partial charge in [-0.15, -0.1) is 22.7 Å². The zero-order valence-electron chi connectivity index (χ0n) is 65.5. The van der Waals surface area contributed by atoms with Gasteiger partial charge in [0, 0.05) is 44.1 Å². The molecule has 102 heavy (non-hydrogen) atoms. The lowest BCUT2D eigenvalue weighted by Crippen LogP contribution is -2.16. The molecular weight excluding hydrogens is 1280 g/mol. The number of hydrogen-bond acceptors (Lipinski definition) is 6. The second-order valence-corrected chi connectivity index (χ2v) is 38.9. The second-order valence-electron chi connectivity index (χ2n) is 37.2. The monoisotopic (exact) mass is 1390 g/mol. The number of benzene rings is 10. The van der Waals surface area contributed by atoms with Crippen molar-refractivity contribution in [3.8, 4) is 88.4 Å². The van der Waals surface area contributed by atoms with E-state index in [1.54, 1.807) is 22.7 Å². The van der Waals surface area contributed by atoms with Gasteiger partial charge in [-0.05, 0) is 202 Å². The van der Waals surface area contributed by atoms with E-state index in [1.807, 2.05) is 36.4 Å². The Bertz CT molecular complexity index is 4660. The van der Waals surface area contributed by atoms with Crippen molar-refractivity contribution in [3.05, 3.63) is 213 Å². The summed E-state index contributed by atoms with van der Waals surface area (Å²) in [6.07, 6.45) is 1.47. The molecule has 10 aromatic carbocycles. The number of thiophene rings is 2. The molecule has 0 aliphatic carbocycles. The Morgan fingerprint density at radius 3 is 0.775 bits per heavy atom. The summed E-state index contributed by atoms with van der Waals surface area (Å²) in [6, 6.07) is 59.0. The molecule has 0 radical (unpaired) electrons. The first-order valence-electron chi connectivity index (χ1n) is 37.0. The topological polar surface area (TPSA) is 58.9 Å². The highest BCUT2D eigenvalue weighted by molar-refractivity contribution is 7.15. The first kappa shape index (κ1) is 73.6. The molecule has 0 amide bonds. The van der Waals surface area contributed by atoms with Crippen LogP contribution in [0.5, 0.6) is 23.0 Å². The predicted octanol–water partition coefficient (Wildman–Crippen LogP) is 28.5. The van der Waals surface area contributed by atoms with Crippen LogP contribution in [0.2, 0.25) is 0 Å². The van der Waals surface area contributed by atoms with Gasteiger partial charge in [0.1, 0.15) is 23.0 Å². The van der Waals surface area contributed by atoms with Crippen molar-refractivity contribution in [2.75, 3.05) is 13.2 Å². The van der Waals surface area contributed by atoms with Crippen LogP contribution in [0.25, 0.3) is 108 Å². The summed E-state index contributed by atoms with van der Waals surface area (Å²) < 4.78 is 13.4. The van der Waals surface area contributed by atoms with Crippen molar-refractivity contribution in [1.82, 2.24) is 0 Å². The molecule has 12 rings (SSSR count). The highest BCUT2D eigenvalue weighted by atomic mass is 32.1. The number of hydrogen-bond donors (Lipinski definition) is 2. The standard InChI is InChI=1S/C96H110O4S2/c1-89(2,3)59-35-39-69-73(51-59)81(57-45-63(93(13,14)15)49-64(46-57)94(16,17)18)74-52-60(90(4,5)6)36-40-70(74)83(69)87-85(97)77(55-101-87)67-31-25-27-33-79(67)99-43-29-30-44-100-80-34-28-26-32-68(80)78-56-102-88(86(78)98)84-71-41-37-61(91(7,8)9)53-75(71)82(76-54-62(92(10,11)12)38-42-72(76)84)58-47-65(95(19,20)21)50-66(48-58)96(22,23)24/h25-28,31-42,45-56,97-98H,29-30,43-44H2,1-24H3. The Morgan fingerprint density at radius 2 is 0.520 bits per heavy atom. The third-order valence-corrected chi connectivity index (χ3v) is 23.0. The summed E-state index contributed by atoms with van der Waals surface area (Å²) in [7, 11) is 0. The van der Waals surface area contributed by atoms with Crippen molar-refractivity contribution in [2.45, 2.75) is 222 Å². The lowest BCUT2D eigenvalue weighted by molar-refractivity contribution is 0.267. The number of ether oxygens (including phenoxy) is 2. The number of fused-ring (bicyclic) bond motifs is 4. The molecule has 530 valence electrons. The molecule has 4 nitrogen and oxygen atoms in total. The van der Waals surface area contributed by atoms with Crippen molar-refractivity contribution in [2.24, 2.45) is 0 Å². The van der Waals surface area contributed by atoms with Gasteiger partial charge < -0.3 is 19.7 Å². The van der Waals surface area contributed by atoms with Gasteiger partial charge >= 0.3 is 0 Å². The van der Waals surface area contributed by atoms with E-state index in [-0.39, 0.29) is 54.8 Å². The largest absolute Gasteiger partial charge is 0.506 e. The summed E-state index contributed by atoms with van der Waals surface area (Å²) in [6.45, 7) is 56.3. The highest BCUT2D eigenvalue weighted by Gasteiger charge is 2.32. The summed E-state index contributed by atoms with van der Waals surface area (Å²) >= 11 is 3.19. The van der Waals surface area contributed by atoms with E-state index in [0.717, 1.165) is 89.0 Å². The lowest BCUT2D eigenvalue weighted by atomic mass is 9.76. The van der Waals surface area contributed by atoms with Gasteiger partial charge in [-0.1, -0.05) is 287 Å². The predicted molar refractivity (Wildman–Crippen MR) is 444 cm³/mol. The molecule has 2 heterocycles. The Labute approximate surface area is 618 Å². The first-order chi connectivity index (χ1) is 47.5. The van der Waals surface area contributed by atoms with Gasteiger partial charge in [-0.3, -0.25) is 0 Å². The number of rotatable bonds is 13. The van der Waals surface area contributed by atoms with Crippen LogP contribution in [-0.4, -0.2) is 23.4 Å². The molecule has 0 saturated heterocycles. The Balaban J connectivity index is 0.849. The molecule has 0 atom stereocenters. The van der Waals surface area contributed by atoms with Gasteiger partial charge in [-0.25, -0.2) is 0 Å². The lowest BCUT2D eigenvalue weighted by Gasteiger charge is -2.28. The van der Waals surface area contributed by atoms with E-state index in [0.29, 0.717) is 13.2 Å². The average Bonchev–Trinajstić information content (AvgIpc) is 1.06. The first-order valence-corrected chi connectivity index (χ1v) is 38.7. The molecule has 0 aliphatic heterocycles. The fraction of sp³-hybridized carbons (Fsp3) is 0.375. The van der Waals surface area contributed by atoms with Gasteiger partial charge in [0.15, 0.2) is 0 Å². The number of unbranched alkanes of at least 4 members (excludes halogenated alkanes) is 1. The van der Waals surface area contributed by atoms with Gasteiger partial charge in [0.05, 0.1) is 23.0 Å². The minimum Gasteiger partial charge on any atom is -0.506 e. The van der Waals surface area contributed by atoms with E-state index < -0.39 is 0 Å². The van der Waals surface area contributed by atoms with Crippen LogP contribution >= 0.6 is 22.7 Å². The molecule has 0 spiro atoms. The third kappa shape index (κ3) is 14.5. The third-order valence-electron chi connectivity index (χ3n) is 21.0. The maximum atomic E-state index is 12.9. The minimum atomic E-state index is -0.102. The molecule has 0 bridgehead atoms. The van der Waals surface area contributed by atoms with Gasteiger partial charge in [0.25, 0.3) is 0 Å². The maximum Gasteiger partial charge on any atom is 0.142 e. The summed E-state index contributed by atoms with van der Waals surface area (Å²) in [5, 5.41) is 39.2. The van der Waals surface area contributed by atoms with E-state index in [2.05, 4.69) is 298 Å². The highest BCUT2D eigenvalue weighted by Crippen LogP contribution is 2.56. The SMILES string of the molecule is CC(C)(C)c1cc(-c2c3cc(C(C)(C)C)ccc3c(-c3scc(-c4ccccc4OCCCCOc4ccccc4-c4csc(-c5c6ccc(C(C)(C)C)cc6c(-c6cc(C(C)(C)C)cc(C(C)(C)C)c6)c6cc(C(C)(C)C)ccc56)c4O)c3O)c3ccc(C(C)(C)C)cc23)cc(C(C)(C)C)c1. The van der Waals surface area contributed by atoms with Crippen LogP contribution in [0.4, 0.5) is 0 Å². The molecule has 0 saturated carbocycles. The average molecular weight is 1390 g/mol. The molecular formula is C96H110O4S2. The Hall–Kier alpha value is -8.16. The fourth-order valence-corrected chi connectivity index (χ4v) is 16.4. The second kappa shape index (κ2) is 26.5. The van der Waals surface area contributed by atoms with Gasteiger partial charge in [-0.2, -0.15) is 0 Å². The van der Waals surface area contributed by atoms with Crippen molar-refractivity contribution >= 4 is 65.8 Å². The molecule has 12 aromatic rings. The molecule has 0 unspecified atom stereocenters. The fourth-order valence-electron chi connectivity index (χ4n) is 14.3. The zero-order chi connectivity index (χ0) is 73.9. The van der Waals surface area contributed by atoms with Crippen molar-refractivity contribution in [1.29, 1.82) is 0 Å². The van der Waals surface area contributed by atoms with E-state index >= 15 is 0 Å². The van der Waals surface area contributed by atoms with Crippen LogP contribution in [0, 0.1) is 0 Å². The van der Waals surface area contributed by atoms with Crippen LogP contribution in [0.1, 0.15) is 224 Å². The summed E-state index contributed by atoms with van der Waals surface area (Å²) in [4.78, 5) is 1.68. The van der Waals surface area contributed by atoms with Crippen LogP contribution in [0.3, 0.4) is 0 Å². The van der Waals surface area contributed by atoms with Crippen LogP contribution in [-0.2, 0) is 43.3 Å². The van der Waals surface area contributed by atoms with Crippen molar-refractivity contribution < 1.29 is 19.7 Å². The van der Waals surface area contributed by atoms with E-state index in [9.17, 15) is 10.2 Å². The Kier molecular flexibility index (Phi) is 19.1. The van der Waals surface area contributed by atoms with Gasteiger partial charge in [0.2, 0.25) is 0 Å². The molecule has 2 N–H and O–H groups in total. The summed E-state index contributed by atoms with van der Waals surface area (Å²) in [5.41, 5.74) is 19.8. The molecule has 6 heteroatoms. The number of para-hydroxylation sites is 2. The normalized spacial score (nSPS) is 13.1. The van der Waals surface area contributed by atoms with Crippen LogP contribution in [0.15, 0.2) is 168 Å². The van der Waals surface area contributed by atoms with Crippen LogP contribution < -0.4 is 9.47 Å². The molecule has 0 aliphatic rings. The Morgan fingerprint density at radius 1 is 0.265 bits per heavy atom. The molecule has 0 fully saturated rings. The van der Waals surface area contributed by atoms with E-state index in [1.165, 1.54) is 88.3 Å². The quantitative estimate of drug-likeness (QED) is 0.0892. The van der Waals surface area contributed by atoms with Crippen molar-refractivity contribution in [3.63, 3.8) is 0 Å².